The molecule has 0 N–H and O–H groups in total. The number of hydrogen-bond acceptors (Lipinski definition) is 5. The highest BCUT2D eigenvalue weighted by Crippen LogP contribution is 2.18. The van der Waals surface area contributed by atoms with E-state index in [9.17, 15) is 4.79 Å². The molecule has 2 aromatic rings. The number of aryl methyl sites for hydroxylation is 4. The summed E-state index contributed by atoms with van der Waals surface area (Å²) in [6.07, 6.45) is 8.15. The molecule has 29 heavy (non-hydrogen) atoms. The van der Waals surface area contributed by atoms with Crippen LogP contribution >= 0.6 is 0 Å². The van der Waals surface area contributed by atoms with Crippen molar-refractivity contribution in [2.24, 2.45) is 0 Å². The van der Waals surface area contributed by atoms with Crippen LogP contribution in [0.15, 0.2) is 16.9 Å². The highest BCUT2D eigenvalue weighted by atomic mass is 16.1. The minimum absolute atomic E-state index is 0.0630. The SMILES string of the molecule is O=c1cc2c(nn1CCN1CCN(Cc3cc4n(n3)CCCC4)CC1)CCCC2. The fourth-order valence-electron chi connectivity index (χ4n) is 4.95. The number of aromatic nitrogens is 4. The number of hydrogen-bond donors (Lipinski definition) is 0. The van der Waals surface area contributed by atoms with E-state index in [4.69, 9.17) is 5.10 Å². The van der Waals surface area contributed by atoms with Crippen molar-refractivity contribution in [1.29, 1.82) is 0 Å². The van der Waals surface area contributed by atoms with E-state index in [0.717, 1.165) is 64.3 Å². The predicted octanol–water partition coefficient (Wildman–Crippen LogP) is 1.47. The zero-order valence-corrected chi connectivity index (χ0v) is 17.4. The Kier molecular flexibility index (Phi) is 5.50. The van der Waals surface area contributed by atoms with Crippen molar-refractivity contribution in [3.8, 4) is 0 Å². The van der Waals surface area contributed by atoms with Crippen LogP contribution < -0.4 is 5.56 Å². The van der Waals surface area contributed by atoms with Gasteiger partial charge in [0.05, 0.1) is 17.9 Å². The Morgan fingerprint density at radius 1 is 0.793 bits per heavy atom. The third-order valence-corrected chi connectivity index (χ3v) is 6.72. The molecule has 7 nitrogen and oxygen atoms in total. The second kappa shape index (κ2) is 8.40. The molecule has 2 aromatic heterocycles. The van der Waals surface area contributed by atoms with Gasteiger partial charge in [-0.1, -0.05) is 0 Å². The van der Waals surface area contributed by atoms with Crippen LogP contribution in [0, 0.1) is 0 Å². The molecular formula is C22H32N6O. The minimum Gasteiger partial charge on any atom is -0.299 e. The normalized spacial score (nSPS) is 20.4. The largest absolute Gasteiger partial charge is 0.299 e. The Labute approximate surface area is 172 Å². The molecule has 4 heterocycles. The van der Waals surface area contributed by atoms with E-state index in [2.05, 4.69) is 25.6 Å². The molecule has 3 aliphatic rings. The fraction of sp³-hybridized carbons (Fsp3) is 0.682. The molecule has 0 unspecified atom stereocenters. The lowest BCUT2D eigenvalue weighted by atomic mass is 9.97. The molecule has 1 aliphatic carbocycles. The summed E-state index contributed by atoms with van der Waals surface area (Å²) in [5.41, 5.74) is 5.01. The van der Waals surface area contributed by atoms with Gasteiger partial charge in [0.2, 0.25) is 0 Å². The molecule has 0 amide bonds. The zero-order chi connectivity index (χ0) is 19.6. The van der Waals surface area contributed by atoms with E-state index in [1.807, 2.05) is 6.07 Å². The van der Waals surface area contributed by atoms with Crippen LogP contribution in [0.1, 0.15) is 48.3 Å². The van der Waals surface area contributed by atoms with Crippen molar-refractivity contribution in [3.63, 3.8) is 0 Å². The average molecular weight is 397 g/mol. The highest BCUT2D eigenvalue weighted by molar-refractivity contribution is 5.20. The van der Waals surface area contributed by atoms with Gasteiger partial charge in [-0.15, -0.1) is 0 Å². The topological polar surface area (TPSA) is 59.2 Å². The second-order valence-corrected chi connectivity index (χ2v) is 8.81. The molecule has 0 radical (unpaired) electrons. The molecule has 0 aromatic carbocycles. The standard InChI is InChI=1S/C22H32N6O/c29-22-15-18-5-1-2-7-21(18)24-28(22)14-13-25-9-11-26(12-10-25)17-19-16-20-6-3-4-8-27(20)23-19/h15-16H,1-14,17H2. The lowest BCUT2D eigenvalue weighted by Crippen LogP contribution is -2.47. The summed E-state index contributed by atoms with van der Waals surface area (Å²) >= 11 is 0. The molecule has 0 saturated carbocycles. The van der Waals surface area contributed by atoms with Gasteiger partial charge in [0.15, 0.2) is 0 Å². The Morgan fingerprint density at radius 3 is 2.45 bits per heavy atom. The van der Waals surface area contributed by atoms with Gasteiger partial charge in [-0.25, -0.2) is 4.68 Å². The quantitative estimate of drug-likeness (QED) is 0.766. The Hall–Kier alpha value is -1.99. The number of fused-ring (bicyclic) bond motifs is 2. The number of piperazine rings is 1. The Morgan fingerprint density at radius 2 is 1.59 bits per heavy atom. The molecule has 2 aliphatic heterocycles. The van der Waals surface area contributed by atoms with Crippen LogP contribution in [0.4, 0.5) is 0 Å². The van der Waals surface area contributed by atoms with E-state index in [1.54, 1.807) is 4.68 Å². The van der Waals surface area contributed by atoms with E-state index >= 15 is 0 Å². The van der Waals surface area contributed by atoms with Crippen LogP contribution in [0.25, 0.3) is 0 Å². The summed E-state index contributed by atoms with van der Waals surface area (Å²) < 4.78 is 3.89. The monoisotopic (exact) mass is 396 g/mol. The molecule has 5 rings (SSSR count). The number of rotatable bonds is 5. The minimum atomic E-state index is 0.0630. The Bertz CT molecular complexity index is 885. The predicted molar refractivity (Wildman–Crippen MR) is 112 cm³/mol. The molecule has 156 valence electrons. The van der Waals surface area contributed by atoms with Crippen molar-refractivity contribution in [3.05, 3.63) is 45.1 Å². The molecule has 0 bridgehead atoms. The van der Waals surface area contributed by atoms with Gasteiger partial charge in [-0.2, -0.15) is 10.2 Å². The van der Waals surface area contributed by atoms with Gasteiger partial charge in [0, 0.05) is 57.6 Å². The first-order chi connectivity index (χ1) is 14.2. The smallest absolute Gasteiger partial charge is 0.267 e. The first kappa shape index (κ1) is 19.0. The maximum atomic E-state index is 12.4. The summed E-state index contributed by atoms with van der Waals surface area (Å²) in [5, 5.41) is 9.46. The van der Waals surface area contributed by atoms with Gasteiger partial charge in [0.1, 0.15) is 0 Å². The first-order valence-electron chi connectivity index (χ1n) is 11.3. The molecule has 1 saturated heterocycles. The van der Waals surface area contributed by atoms with Gasteiger partial charge in [0.25, 0.3) is 5.56 Å². The van der Waals surface area contributed by atoms with E-state index in [1.165, 1.54) is 49.1 Å². The van der Waals surface area contributed by atoms with Crippen molar-refractivity contribution in [1.82, 2.24) is 29.4 Å². The van der Waals surface area contributed by atoms with E-state index in [0.29, 0.717) is 6.54 Å². The highest BCUT2D eigenvalue weighted by Gasteiger charge is 2.20. The third kappa shape index (κ3) is 4.31. The van der Waals surface area contributed by atoms with Gasteiger partial charge in [-0.05, 0) is 56.6 Å². The van der Waals surface area contributed by atoms with Crippen molar-refractivity contribution < 1.29 is 0 Å². The molecule has 1 fully saturated rings. The van der Waals surface area contributed by atoms with Crippen LogP contribution in [-0.2, 0) is 38.9 Å². The fourth-order valence-corrected chi connectivity index (χ4v) is 4.95. The maximum Gasteiger partial charge on any atom is 0.267 e. The molecule has 0 spiro atoms. The van der Waals surface area contributed by atoms with Gasteiger partial charge < -0.3 is 0 Å². The zero-order valence-electron chi connectivity index (χ0n) is 17.4. The summed E-state index contributed by atoms with van der Waals surface area (Å²) in [6, 6.07) is 4.13. The molecule has 0 atom stereocenters. The Balaban J connectivity index is 1.12. The van der Waals surface area contributed by atoms with Crippen LogP contribution in [0.5, 0.6) is 0 Å². The third-order valence-electron chi connectivity index (χ3n) is 6.72. The summed E-state index contributed by atoms with van der Waals surface area (Å²) in [6.45, 7) is 7.86. The first-order valence-corrected chi connectivity index (χ1v) is 11.3. The van der Waals surface area contributed by atoms with Crippen LogP contribution in [0.3, 0.4) is 0 Å². The lowest BCUT2D eigenvalue weighted by Gasteiger charge is -2.34. The molecular weight excluding hydrogens is 364 g/mol. The summed E-state index contributed by atoms with van der Waals surface area (Å²) in [4.78, 5) is 17.3. The maximum absolute atomic E-state index is 12.4. The van der Waals surface area contributed by atoms with Crippen molar-refractivity contribution in [2.75, 3.05) is 32.7 Å². The average Bonchev–Trinajstić information content (AvgIpc) is 3.15. The van der Waals surface area contributed by atoms with Crippen LogP contribution in [0.2, 0.25) is 0 Å². The van der Waals surface area contributed by atoms with Crippen molar-refractivity contribution >= 4 is 0 Å². The number of nitrogens with zero attached hydrogens (tertiary/aromatic N) is 6. The van der Waals surface area contributed by atoms with E-state index < -0.39 is 0 Å². The molecule has 7 heteroatoms. The van der Waals surface area contributed by atoms with E-state index in [-0.39, 0.29) is 5.56 Å². The van der Waals surface area contributed by atoms with Gasteiger partial charge >= 0.3 is 0 Å². The van der Waals surface area contributed by atoms with Crippen molar-refractivity contribution in [2.45, 2.75) is 64.6 Å². The second-order valence-electron chi connectivity index (χ2n) is 8.81. The van der Waals surface area contributed by atoms with Gasteiger partial charge in [-0.3, -0.25) is 19.3 Å². The summed E-state index contributed by atoms with van der Waals surface area (Å²) in [7, 11) is 0. The lowest BCUT2D eigenvalue weighted by molar-refractivity contribution is 0.121. The van der Waals surface area contributed by atoms with Crippen LogP contribution in [-0.4, -0.2) is 62.1 Å². The summed E-state index contributed by atoms with van der Waals surface area (Å²) in [5.74, 6) is 0.